The second-order valence-electron chi connectivity index (χ2n) is 3.90. The van der Waals surface area contributed by atoms with Crippen molar-refractivity contribution in [2.75, 3.05) is 5.32 Å². The molecule has 1 aromatic carbocycles. The standard InChI is InChI=1S/C12H11N3O4/c1-6-9(5-13-15-6)11(17)14-7-2-3-10(16)8(4-7)12(18)19/h2-5,16H,1H3,(H,13,15)(H,14,17)(H,18,19). The number of nitrogens with one attached hydrogen (secondary N) is 2. The third-order valence-corrected chi connectivity index (χ3v) is 2.56. The normalized spacial score (nSPS) is 10.2. The van der Waals surface area contributed by atoms with E-state index in [1.165, 1.54) is 24.4 Å². The molecule has 0 bridgehead atoms. The molecule has 0 atom stereocenters. The van der Waals surface area contributed by atoms with Crippen molar-refractivity contribution in [3.63, 3.8) is 0 Å². The molecular weight excluding hydrogens is 250 g/mol. The van der Waals surface area contributed by atoms with Crippen LogP contribution in [0.25, 0.3) is 0 Å². The number of aromatic amines is 1. The van der Waals surface area contributed by atoms with E-state index in [9.17, 15) is 14.7 Å². The first-order valence-electron chi connectivity index (χ1n) is 5.36. The second-order valence-corrected chi connectivity index (χ2v) is 3.90. The number of aromatic nitrogens is 2. The van der Waals surface area contributed by atoms with Crippen LogP contribution in [0, 0.1) is 6.92 Å². The first-order valence-corrected chi connectivity index (χ1v) is 5.36. The Hall–Kier alpha value is -2.83. The second kappa shape index (κ2) is 4.81. The lowest BCUT2D eigenvalue weighted by molar-refractivity contribution is 0.0693. The van der Waals surface area contributed by atoms with Crippen LogP contribution >= 0.6 is 0 Å². The predicted octanol–water partition coefficient (Wildman–Crippen LogP) is 1.37. The molecule has 0 aliphatic carbocycles. The maximum absolute atomic E-state index is 11.9. The van der Waals surface area contributed by atoms with Gasteiger partial charge in [-0.05, 0) is 25.1 Å². The number of aromatic hydroxyl groups is 1. The number of carboxylic acid groups (broad SMARTS) is 1. The molecule has 0 unspecified atom stereocenters. The van der Waals surface area contributed by atoms with Gasteiger partial charge in [0.2, 0.25) is 0 Å². The fraction of sp³-hybridized carbons (Fsp3) is 0.0833. The summed E-state index contributed by atoms with van der Waals surface area (Å²) in [6, 6.07) is 3.81. The Labute approximate surface area is 107 Å². The first kappa shape index (κ1) is 12.6. The highest BCUT2D eigenvalue weighted by Gasteiger charge is 2.14. The fourth-order valence-corrected chi connectivity index (χ4v) is 1.56. The van der Waals surface area contributed by atoms with Gasteiger partial charge in [-0.15, -0.1) is 0 Å². The van der Waals surface area contributed by atoms with Crippen LogP contribution in [-0.4, -0.2) is 32.3 Å². The summed E-state index contributed by atoms with van der Waals surface area (Å²) in [4.78, 5) is 22.7. The van der Waals surface area contributed by atoms with Gasteiger partial charge in [-0.25, -0.2) is 4.79 Å². The molecule has 0 fully saturated rings. The summed E-state index contributed by atoms with van der Waals surface area (Å²) in [6.07, 6.45) is 1.38. The molecule has 0 aliphatic heterocycles. The van der Waals surface area contributed by atoms with Crippen molar-refractivity contribution in [1.82, 2.24) is 10.2 Å². The van der Waals surface area contributed by atoms with Gasteiger partial charge in [0.15, 0.2) is 0 Å². The van der Waals surface area contributed by atoms with E-state index in [-0.39, 0.29) is 17.0 Å². The Bertz CT molecular complexity index is 648. The number of aryl methyl sites for hydroxylation is 1. The molecule has 1 heterocycles. The SMILES string of the molecule is Cc1[nH]ncc1C(=O)Nc1ccc(O)c(C(=O)O)c1. The monoisotopic (exact) mass is 261 g/mol. The van der Waals surface area contributed by atoms with Crippen molar-refractivity contribution in [1.29, 1.82) is 0 Å². The number of rotatable bonds is 3. The molecule has 1 amide bonds. The highest BCUT2D eigenvalue weighted by Crippen LogP contribution is 2.22. The molecule has 0 saturated heterocycles. The number of benzene rings is 1. The first-order chi connectivity index (χ1) is 8.99. The lowest BCUT2D eigenvalue weighted by Gasteiger charge is -2.06. The number of phenols is 1. The zero-order valence-corrected chi connectivity index (χ0v) is 9.97. The van der Waals surface area contributed by atoms with Gasteiger partial charge in [0.05, 0.1) is 11.8 Å². The highest BCUT2D eigenvalue weighted by atomic mass is 16.4. The zero-order valence-electron chi connectivity index (χ0n) is 9.97. The summed E-state index contributed by atoms with van der Waals surface area (Å²) in [6.45, 7) is 1.70. The topological polar surface area (TPSA) is 115 Å². The van der Waals surface area contributed by atoms with Crippen molar-refractivity contribution in [2.45, 2.75) is 6.92 Å². The molecule has 4 N–H and O–H groups in total. The number of carbonyl (C=O) groups is 2. The number of H-pyrrole nitrogens is 1. The molecule has 0 radical (unpaired) electrons. The van der Waals surface area contributed by atoms with Crippen LogP contribution in [-0.2, 0) is 0 Å². The third kappa shape index (κ3) is 2.54. The van der Waals surface area contributed by atoms with Crippen LogP contribution < -0.4 is 5.32 Å². The van der Waals surface area contributed by atoms with Gasteiger partial charge in [-0.3, -0.25) is 9.89 Å². The van der Waals surface area contributed by atoms with E-state index in [2.05, 4.69) is 15.5 Å². The largest absolute Gasteiger partial charge is 0.507 e. The molecule has 1 aromatic heterocycles. The van der Waals surface area contributed by atoms with E-state index >= 15 is 0 Å². The third-order valence-electron chi connectivity index (χ3n) is 2.56. The maximum atomic E-state index is 11.9. The molecule has 0 spiro atoms. The van der Waals surface area contributed by atoms with Crippen molar-refractivity contribution in [2.24, 2.45) is 0 Å². The van der Waals surface area contributed by atoms with E-state index < -0.39 is 11.9 Å². The minimum atomic E-state index is -1.27. The minimum absolute atomic E-state index is 0.276. The summed E-state index contributed by atoms with van der Waals surface area (Å²) in [5.41, 5.74) is 0.974. The van der Waals surface area contributed by atoms with Gasteiger partial charge in [0.25, 0.3) is 5.91 Å². The average molecular weight is 261 g/mol. The fourth-order valence-electron chi connectivity index (χ4n) is 1.56. The van der Waals surface area contributed by atoms with Gasteiger partial charge in [0, 0.05) is 11.4 Å². The molecule has 7 heteroatoms. The number of hydrogen-bond acceptors (Lipinski definition) is 4. The summed E-state index contributed by atoms with van der Waals surface area (Å²) in [7, 11) is 0. The van der Waals surface area contributed by atoms with Crippen molar-refractivity contribution < 1.29 is 19.8 Å². The van der Waals surface area contributed by atoms with Crippen LogP contribution in [0.1, 0.15) is 26.4 Å². The lowest BCUT2D eigenvalue weighted by Crippen LogP contribution is -2.12. The molecular formula is C12H11N3O4. The van der Waals surface area contributed by atoms with Gasteiger partial charge in [0.1, 0.15) is 11.3 Å². The molecule has 19 heavy (non-hydrogen) atoms. The zero-order chi connectivity index (χ0) is 14.0. The van der Waals surface area contributed by atoms with Crippen LogP contribution in [0.2, 0.25) is 0 Å². The number of aromatic carboxylic acids is 1. The summed E-state index contributed by atoms with van der Waals surface area (Å²) in [5, 5.41) is 27.1. The van der Waals surface area contributed by atoms with Crippen molar-refractivity contribution in [3.05, 3.63) is 41.2 Å². The smallest absolute Gasteiger partial charge is 0.339 e. The van der Waals surface area contributed by atoms with Crippen molar-refractivity contribution in [3.8, 4) is 5.75 Å². The predicted molar refractivity (Wildman–Crippen MR) is 66.3 cm³/mol. The Morgan fingerprint density at radius 3 is 2.63 bits per heavy atom. The number of amides is 1. The van der Waals surface area contributed by atoms with Crippen LogP contribution in [0.4, 0.5) is 5.69 Å². The van der Waals surface area contributed by atoms with E-state index in [4.69, 9.17) is 5.11 Å². The summed E-state index contributed by atoms with van der Waals surface area (Å²) < 4.78 is 0. The van der Waals surface area contributed by atoms with Crippen LogP contribution in [0.5, 0.6) is 5.75 Å². The molecule has 7 nitrogen and oxygen atoms in total. The van der Waals surface area contributed by atoms with E-state index in [1.54, 1.807) is 6.92 Å². The van der Waals surface area contributed by atoms with E-state index in [1.807, 2.05) is 0 Å². The number of carbonyl (C=O) groups excluding carboxylic acids is 1. The minimum Gasteiger partial charge on any atom is -0.507 e. The van der Waals surface area contributed by atoms with E-state index in [0.29, 0.717) is 11.3 Å². The average Bonchev–Trinajstić information content (AvgIpc) is 2.77. The Balaban J connectivity index is 2.25. The number of hydrogen-bond donors (Lipinski definition) is 4. The Morgan fingerprint density at radius 2 is 2.05 bits per heavy atom. The van der Waals surface area contributed by atoms with Gasteiger partial charge < -0.3 is 15.5 Å². The number of anilines is 1. The summed E-state index contributed by atoms with van der Waals surface area (Å²) >= 11 is 0. The van der Waals surface area contributed by atoms with Gasteiger partial charge in [-0.2, -0.15) is 5.10 Å². The Morgan fingerprint density at radius 1 is 1.32 bits per heavy atom. The quantitative estimate of drug-likeness (QED) is 0.623. The number of nitrogens with zero attached hydrogens (tertiary/aromatic N) is 1. The van der Waals surface area contributed by atoms with Gasteiger partial charge in [-0.1, -0.05) is 0 Å². The molecule has 2 rings (SSSR count). The van der Waals surface area contributed by atoms with E-state index in [0.717, 1.165) is 0 Å². The maximum Gasteiger partial charge on any atom is 0.339 e. The van der Waals surface area contributed by atoms with Crippen LogP contribution in [0.15, 0.2) is 24.4 Å². The lowest BCUT2D eigenvalue weighted by atomic mass is 10.1. The van der Waals surface area contributed by atoms with Crippen molar-refractivity contribution >= 4 is 17.6 Å². The molecule has 0 aliphatic rings. The number of carboxylic acids is 1. The van der Waals surface area contributed by atoms with Gasteiger partial charge >= 0.3 is 5.97 Å². The molecule has 98 valence electrons. The molecule has 0 saturated carbocycles. The molecule has 2 aromatic rings. The van der Waals surface area contributed by atoms with Crippen LogP contribution in [0.3, 0.4) is 0 Å². The Kier molecular flexibility index (Phi) is 3.19. The highest BCUT2D eigenvalue weighted by molar-refractivity contribution is 6.05. The summed E-state index contributed by atoms with van der Waals surface area (Å²) in [5.74, 6) is -2.04.